The Morgan fingerprint density at radius 1 is 0.258 bits per heavy atom. The lowest BCUT2D eigenvalue weighted by Gasteiger charge is -2.13. The van der Waals surface area contributed by atoms with Crippen molar-refractivity contribution >= 4 is 75.9 Å². The highest BCUT2D eigenvalue weighted by Gasteiger charge is 2.22. The van der Waals surface area contributed by atoms with Gasteiger partial charge >= 0.3 is 0 Å². The van der Waals surface area contributed by atoms with Gasteiger partial charge in [0.1, 0.15) is 0 Å². The smallest absolute Gasteiger partial charge is 0.0619 e. The maximum absolute atomic E-state index is 2.49. The third-order valence-electron chi connectivity index (χ3n) is 13.6. The van der Waals surface area contributed by atoms with Crippen molar-refractivity contribution in [3.8, 4) is 55.9 Å². The van der Waals surface area contributed by atoms with Gasteiger partial charge in [0, 0.05) is 38.0 Å². The third-order valence-corrected chi connectivity index (χ3v) is 13.6. The SMILES string of the molecule is c1cc(-c2ccc3c(c2)-c2cccc4cccc-3c24)cc(-n2c3ccccc3c3cc(-c4ccc5c(c4)c4ccc6ccccc6c4n5-c4cccc5ccccc45)ccc32)c1. The van der Waals surface area contributed by atoms with Gasteiger partial charge in [-0.1, -0.05) is 164 Å². The van der Waals surface area contributed by atoms with Crippen molar-refractivity contribution in [1.82, 2.24) is 9.13 Å². The Kier molecular flexibility index (Phi) is 6.86. The fourth-order valence-electron chi connectivity index (χ4n) is 10.8. The number of benzene rings is 11. The van der Waals surface area contributed by atoms with Gasteiger partial charge in [-0.3, -0.25) is 0 Å². The van der Waals surface area contributed by atoms with Crippen LogP contribution in [0.1, 0.15) is 0 Å². The Balaban J connectivity index is 0.919. The molecule has 0 unspecified atom stereocenters. The number of hydrogen-bond donors (Lipinski definition) is 0. The third kappa shape index (κ3) is 4.69. The van der Waals surface area contributed by atoms with Gasteiger partial charge in [-0.2, -0.15) is 0 Å². The Bertz CT molecular complexity index is 4040. The molecular formula is C60H36N2. The van der Waals surface area contributed by atoms with Crippen molar-refractivity contribution in [1.29, 1.82) is 0 Å². The summed E-state index contributed by atoms with van der Waals surface area (Å²) in [6.45, 7) is 0. The fourth-order valence-corrected chi connectivity index (χ4v) is 10.8. The number of nitrogens with zero attached hydrogens (tertiary/aromatic N) is 2. The summed E-state index contributed by atoms with van der Waals surface area (Å²) in [5, 5.41) is 12.7. The molecule has 0 radical (unpaired) electrons. The molecule has 11 aromatic carbocycles. The molecule has 0 N–H and O–H groups in total. The number of rotatable bonds is 4. The predicted octanol–water partition coefficient (Wildman–Crippen LogP) is 16.3. The Labute approximate surface area is 357 Å². The summed E-state index contributed by atoms with van der Waals surface area (Å²) in [5.41, 5.74) is 17.3. The molecule has 0 saturated heterocycles. The Hall–Kier alpha value is -8.20. The molecule has 1 aliphatic rings. The molecule has 286 valence electrons. The second kappa shape index (κ2) is 12.7. The first-order valence-corrected chi connectivity index (χ1v) is 21.5. The van der Waals surface area contributed by atoms with E-state index in [2.05, 4.69) is 228 Å². The van der Waals surface area contributed by atoms with Crippen LogP contribution in [-0.4, -0.2) is 9.13 Å². The minimum atomic E-state index is 1.15. The van der Waals surface area contributed by atoms with Crippen LogP contribution in [-0.2, 0) is 0 Å². The van der Waals surface area contributed by atoms with Crippen molar-refractivity contribution in [2.75, 3.05) is 0 Å². The molecule has 62 heavy (non-hydrogen) atoms. The quantitative estimate of drug-likeness (QED) is 0.168. The van der Waals surface area contributed by atoms with Crippen molar-refractivity contribution in [3.05, 3.63) is 218 Å². The van der Waals surface area contributed by atoms with E-state index in [1.54, 1.807) is 0 Å². The van der Waals surface area contributed by atoms with E-state index in [0.29, 0.717) is 0 Å². The number of aromatic nitrogens is 2. The summed E-state index contributed by atoms with van der Waals surface area (Å²) in [6, 6.07) is 81.1. The lowest BCUT2D eigenvalue weighted by atomic mass is 9.97. The summed E-state index contributed by atoms with van der Waals surface area (Å²) in [4.78, 5) is 0. The molecule has 0 fully saturated rings. The van der Waals surface area contributed by atoms with Crippen LogP contribution in [0.2, 0.25) is 0 Å². The van der Waals surface area contributed by atoms with Gasteiger partial charge in [0.25, 0.3) is 0 Å². The Morgan fingerprint density at radius 2 is 0.823 bits per heavy atom. The molecule has 2 aromatic heterocycles. The first-order valence-electron chi connectivity index (χ1n) is 21.5. The van der Waals surface area contributed by atoms with Crippen molar-refractivity contribution in [2.45, 2.75) is 0 Å². The average Bonchev–Trinajstić information content (AvgIpc) is 3.97. The molecule has 0 amide bonds. The van der Waals surface area contributed by atoms with E-state index in [9.17, 15) is 0 Å². The molecule has 2 nitrogen and oxygen atoms in total. The molecule has 2 heteroatoms. The van der Waals surface area contributed by atoms with Gasteiger partial charge in [-0.05, 0) is 121 Å². The molecule has 0 saturated carbocycles. The van der Waals surface area contributed by atoms with Crippen molar-refractivity contribution < 1.29 is 0 Å². The van der Waals surface area contributed by atoms with E-state index in [1.807, 2.05) is 0 Å². The Morgan fingerprint density at radius 3 is 1.65 bits per heavy atom. The summed E-state index contributed by atoms with van der Waals surface area (Å²) in [6.07, 6.45) is 0. The number of hydrogen-bond acceptors (Lipinski definition) is 0. The second-order valence-corrected chi connectivity index (χ2v) is 16.9. The van der Waals surface area contributed by atoms with Gasteiger partial charge in [0.2, 0.25) is 0 Å². The van der Waals surface area contributed by atoms with Crippen LogP contribution < -0.4 is 0 Å². The standard InChI is InChI=1S/C60H36N2/c1-3-18-45-37(11-1)13-10-24-55(45)62-58-32-28-43(36-54(58)51-30-25-38-12-2-4-19-46(38)60(51)62)42-27-31-57-53(35-42)48-20-5-6-23-56(48)61(57)44-17-7-16-40(33-44)41-26-29-47-49-21-8-14-39-15-9-22-50(59(39)49)52(47)34-41/h1-36H. The summed E-state index contributed by atoms with van der Waals surface area (Å²) >= 11 is 0. The first-order chi connectivity index (χ1) is 30.7. The summed E-state index contributed by atoms with van der Waals surface area (Å²) < 4.78 is 4.93. The molecule has 1 aliphatic carbocycles. The van der Waals surface area contributed by atoms with Gasteiger partial charge in [0.15, 0.2) is 0 Å². The van der Waals surface area contributed by atoms with E-state index in [4.69, 9.17) is 0 Å². The van der Waals surface area contributed by atoms with Crippen molar-refractivity contribution in [2.24, 2.45) is 0 Å². The number of fused-ring (bicyclic) bond motifs is 12. The van der Waals surface area contributed by atoms with Crippen LogP contribution in [0.4, 0.5) is 0 Å². The van der Waals surface area contributed by atoms with Crippen molar-refractivity contribution in [3.63, 3.8) is 0 Å². The van der Waals surface area contributed by atoms with Gasteiger partial charge in [-0.25, -0.2) is 0 Å². The van der Waals surface area contributed by atoms with Crippen LogP contribution in [0, 0.1) is 0 Å². The minimum Gasteiger partial charge on any atom is -0.309 e. The highest BCUT2D eigenvalue weighted by atomic mass is 15.0. The average molecular weight is 785 g/mol. The highest BCUT2D eigenvalue weighted by Crippen LogP contribution is 2.48. The molecule has 0 atom stereocenters. The van der Waals surface area contributed by atoms with Crippen LogP contribution >= 0.6 is 0 Å². The maximum atomic E-state index is 2.49. The zero-order chi connectivity index (χ0) is 40.5. The lowest BCUT2D eigenvalue weighted by Crippen LogP contribution is -1.96. The fraction of sp³-hybridized carbons (Fsp3) is 0. The van der Waals surface area contributed by atoms with Gasteiger partial charge in [0.05, 0.1) is 27.8 Å². The highest BCUT2D eigenvalue weighted by molar-refractivity contribution is 6.20. The van der Waals surface area contributed by atoms with Crippen LogP contribution in [0.25, 0.3) is 132 Å². The normalized spacial score (nSPS) is 12.2. The predicted molar refractivity (Wildman–Crippen MR) is 263 cm³/mol. The van der Waals surface area contributed by atoms with Gasteiger partial charge < -0.3 is 9.13 Å². The van der Waals surface area contributed by atoms with Crippen LogP contribution in [0.5, 0.6) is 0 Å². The number of para-hydroxylation sites is 1. The summed E-state index contributed by atoms with van der Waals surface area (Å²) in [5.74, 6) is 0. The maximum Gasteiger partial charge on any atom is 0.0619 e. The zero-order valence-corrected chi connectivity index (χ0v) is 33.7. The molecule has 0 aliphatic heterocycles. The minimum absolute atomic E-state index is 1.15. The van der Waals surface area contributed by atoms with E-state index in [1.165, 1.54) is 126 Å². The van der Waals surface area contributed by atoms with E-state index >= 15 is 0 Å². The first kappa shape index (κ1) is 33.6. The molecular weight excluding hydrogens is 749 g/mol. The lowest BCUT2D eigenvalue weighted by molar-refractivity contribution is 1.18. The molecule has 13 aromatic rings. The monoisotopic (exact) mass is 784 g/mol. The molecule has 0 bridgehead atoms. The van der Waals surface area contributed by atoms with E-state index < -0.39 is 0 Å². The molecule has 0 spiro atoms. The van der Waals surface area contributed by atoms with Gasteiger partial charge in [-0.15, -0.1) is 0 Å². The second-order valence-electron chi connectivity index (χ2n) is 16.9. The van der Waals surface area contributed by atoms with E-state index in [-0.39, 0.29) is 0 Å². The van der Waals surface area contributed by atoms with Crippen LogP contribution in [0.15, 0.2) is 218 Å². The molecule has 2 heterocycles. The van der Waals surface area contributed by atoms with E-state index in [0.717, 1.165) is 5.69 Å². The topological polar surface area (TPSA) is 9.86 Å². The van der Waals surface area contributed by atoms with Crippen LogP contribution in [0.3, 0.4) is 0 Å². The zero-order valence-electron chi connectivity index (χ0n) is 33.7. The summed E-state index contributed by atoms with van der Waals surface area (Å²) in [7, 11) is 0. The molecule has 14 rings (SSSR count). The largest absolute Gasteiger partial charge is 0.309 e.